The number of likely N-dealkylation sites (tertiary alicyclic amines) is 1. The Morgan fingerprint density at radius 2 is 1.56 bits per heavy atom. The number of halogens is 1. The van der Waals surface area contributed by atoms with Gasteiger partial charge in [0.2, 0.25) is 15.9 Å². The van der Waals surface area contributed by atoms with Crippen molar-refractivity contribution in [3.63, 3.8) is 0 Å². The van der Waals surface area contributed by atoms with Crippen LogP contribution >= 0.6 is 12.4 Å². The number of hydrogen-bond donors (Lipinski definition) is 3. The molecule has 200 valence electrons. The van der Waals surface area contributed by atoms with Crippen LogP contribution in [-0.4, -0.2) is 56.2 Å². The summed E-state index contributed by atoms with van der Waals surface area (Å²) in [4.78, 5) is 14.8. The number of hydrogen-bond acceptors (Lipinski definition) is 6. The first kappa shape index (κ1) is 29.9. The Bertz CT molecular complexity index is 1080. The maximum atomic E-state index is 12.3. The molecule has 3 N–H and O–H groups in total. The fraction of sp³-hybridized carbons (Fsp3) is 0.500. The lowest BCUT2D eigenvalue weighted by atomic mass is 10.0. The summed E-state index contributed by atoms with van der Waals surface area (Å²) in [6.45, 7) is 10.7. The van der Waals surface area contributed by atoms with Gasteiger partial charge in [0.05, 0.1) is 12.3 Å². The summed E-state index contributed by atoms with van der Waals surface area (Å²) >= 11 is 0. The molecule has 10 heteroatoms. The monoisotopic (exact) mass is 538 g/mol. The lowest BCUT2D eigenvalue weighted by Gasteiger charge is -2.34. The number of amides is 1. The van der Waals surface area contributed by atoms with E-state index in [0.717, 1.165) is 44.5 Å². The highest BCUT2D eigenvalue weighted by atomic mass is 35.5. The fourth-order valence-electron chi connectivity index (χ4n) is 4.03. The molecule has 36 heavy (non-hydrogen) atoms. The number of benzene rings is 2. The Morgan fingerprint density at radius 1 is 1.03 bits per heavy atom. The topological polar surface area (TPSA) is 99.8 Å². The molecule has 1 heterocycles. The van der Waals surface area contributed by atoms with E-state index < -0.39 is 10.0 Å². The third-order valence-corrected chi connectivity index (χ3v) is 6.29. The van der Waals surface area contributed by atoms with Gasteiger partial charge in [0.15, 0.2) is 0 Å². The van der Waals surface area contributed by atoms with Crippen LogP contribution in [0.5, 0.6) is 11.5 Å². The van der Waals surface area contributed by atoms with Crippen LogP contribution in [0.15, 0.2) is 48.5 Å². The van der Waals surface area contributed by atoms with Crippen molar-refractivity contribution in [3.8, 4) is 11.5 Å². The van der Waals surface area contributed by atoms with Gasteiger partial charge in [-0.2, -0.15) is 0 Å². The number of rotatable bonds is 9. The molecule has 1 fully saturated rings. The van der Waals surface area contributed by atoms with Gasteiger partial charge in [-0.15, -0.1) is 12.4 Å². The van der Waals surface area contributed by atoms with Gasteiger partial charge in [-0.1, -0.05) is 12.1 Å². The summed E-state index contributed by atoms with van der Waals surface area (Å²) in [5.74, 6) is 1.41. The molecule has 0 aliphatic carbocycles. The van der Waals surface area contributed by atoms with Crippen molar-refractivity contribution in [2.45, 2.75) is 64.7 Å². The summed E-state index contributed by atoms with van der Waals surface area (Å²) in [5, 5.41) is 6.51. The van der Waals surface area contributed by atoms with Crippen LogP contribution in [0.1, 0.15) is 46.1 Å². The van der Waals surface area contributed by atoms with Crippen LogP contribution in [0.2, 0.25) is 0 Å². The SMILES string of the molecule is CC(NC1CCN(Cc2ccc(Oc3ccc(NS(C)(=O)=O)cc3)cc2)CC1)C(=O)NC(C)(C)C.Cl. The molecule has 1 atom stereocenters. The number of piperidine rings is 1. The zero-order chi connectivity index (χ0) is 25.6. The van der Waals surface area contributed by atoms with E-state index in [1.54, 1.807) is 24.3 Å². The van der Waals surface area contributed by atoms with Crippen LogP contribution in [0.3, 0.4) is 0 Å². The predicted molar refractivity (Wildman–Crippen MR) is 147 cm³/mol. The lowest BCUT2D eigenvalue weighted by molar-refractivity contribution is -0.124. The Kier molecular flexibility index (Phi) is 10.6. The second kappa shape index (κ2) is 12.8. The smallest absolute Gasteiger partial charge is 0.237 e. The zero-order valence-electron chi connectivity index (χ0n) is 21.7. The Balaban J connectivity index is 0.00000456. The first-order valence-corrected chi connectivity index (χ1v) is 13.9. The van der Waals surface area contributed by atoms with Crippen LogP contribution in [0, 0.1) is 0 Å². The molecule has 1 aliphatic heterocycles. The van der Waals surface area contributed by atoms with E-state index in [2.05, 4.69) is 32.4 Å². The Morgan fingerprint density at radius 3 is 2.06 bits per heavy atom. The van der Waals surface area contributed by atoms with Gasteiger partial charge in [0.25, 0.3) is 0 Å². The summed E-state index contributed by atoms with van der Waals surface area (Å²) in [6, 6.07) is 15.0. The third kappa shape index (κ3) is 10.3. The van der Waals surface area contributed by atoms with Gasteiger partial charge < -0.3 is 15.4 Å². The summed E-state index contributed by atoms with van der Waals surface area (Å²) < 4.78 is 30.9. The number of sulfonamides is 1. The highest BCUT2D eigenvalue weighted by Crippen LogP contribution is 2.24. The molecule has 3 rings (SSSR count). The van der Waals surface area contributed by atoms with Gasteiger partial charge in [-0.25, -0.2) is 8.42 Å². The molecule has 2 aromatic carbocycles. The van der Waals surface area contributed by atoms with E-state index in [0.29, 0.717) is 17.5 Å². The van der Waals surface area contributed by atoms with Gasteiger partial charge in [-0.05, 0) is 95.6 Å². The molecule has 0 spiro atoms. The lowest BCUT2D eigenvalue weighted by Crippen LogP contribution is -2.53. The standard InChI is InChI=1S/C26H38N4O4S.ClH/c1-19(25(31)28-26(2,3)4)27-21-14-16-30(17-15-21)18-20-6-10-23(11-7-20)34-24-12-8-22(9-13-24)29-35(5,32)33;/h6-13,19,21,27,29H,14-18H2,1-5H3,(H,28,31);1H. The van der Waals surface area contributed by atoms with Crippen molar-refractivity contribution >= 4 is 34.0 Å². The van der Waals surface area contributed by atoms with Crippen LogP contribution in [0.4, 0.5) is 5.69 Å². The van der Waals surface area contributed by atoms with Gasteiger partial charge >= 0.3 is 0 Å². The first-order chi connectivity index (χ1) is 16.4. The van der Waals surface area contributed by atoms with Crippen LogP contribution in [-0.2, 0) is 21.4 Å². The fourth-order valence-corrected chi connectivity index (χ4v) is 4.59. The van der Waals surface area contributed by atoms with Crippen molar-refractivity contribution in [3.05, 3.63) is 54.1 Å². The van der Waals surface area contributed by atoms with Gasteiger partial charge in [0, 0.05) is 23.8 Å². The molecule has 0 radical (unpaired) electrons. The first-order valence-electron chi connectivity index (χ1n) is 12.0. The summed E-state index contributed by atoms with van der Waals surface area (Å²) in [5.41, 5.74) is 1.49. The second-order valence-electron chi connectivity index (χ2n) is 10.3. The third-order valence-electron chi connectivity index (χ3n) is 5.69. The van der Waals surface area contributed by atoms with E-state index in [-0.39, 0.29) is 29.9 Å². The van der Waals surface area contributed by atoms with Crippen molar-refractivity contribution in [2.24, 2.45) is 0 Å². The van der Waals surface area contributed by atoms with Crippen molar-refractivity contribution in [1.29, 1.82) is 0 Å². The number of nitrogens with zero attached hydrogens (tertiary/aromatic N) is 1. The van der Waals surface area contributed by atoms with E-state index in [4.69, 9.17) is 4.74 Å². The van der Waals surface area contributed by atoms with Gasteiger partial charge in [-0.3, -0.25) is 14.4 Å². The number of carbonyl (C=O) groups is 1. The number of ether oxygens (including phenoxy) is 1. The predicted octanol–water partition coefficient (Wildman–Crippen LogP) is 4.13. The minimum atomic E-state index is -3.30. The molecule has 1 aliphatic rings. The zero-order valence-corrected chi connectivity index (χ0v) is 23.3. The normalized spacial score (nSPS) is 16.0. The largest absolute Gasteiger partial charge is 0.457 e. The van der Waals surface area contributed by atoms with Crippen LogP contribution < -0.4 is 20.1 Å². The maximum Gasteiger partial charge on any atom is 0.237 e. The number of nitrogens with one attached hydrogen (secondary N) is 3. The molecule has 0 saturated carbocycles. The Labute approximate surface area is 221 Å². The van der Waals surface area contributed by atoms with Crippen LogP contribution in [0.25, 0.3) is 0 Å². The number of anilines is 1. The molecule has 0 bridgehead atoms. The van der Waals surface area contributed by atoms with E-state index >= 15 is 0 Å². The molecule has 8 nitrogen and oxygen atoms in total. The highest BCUT2D eigenvalue weighted by Gasteiger charge is 2.24. The molecule has 1 amide bonds. The summed E-state index contributed by atoms with van der Waals surface area (Å²) in [6.07, 6.45) is 3.14. The molecule has 0 aromatic heterocycles. The maximum absolute atomic E-state index is 12.3. The van der Waals surface area contributed by atoms with Gasteiger partial charge in [0.1, 0.15) is 11.5 Å². The minimum Gasteiger partial charge on any atom is -0.457 e. The molecule has 1 saturated heterocycles. The average molecular weight is 539 g/mol. The molecule has 1 unspecified atom stereocenters. The quantitative estimate of drug-likeness (QED) is 0.444. The molecular weight excluding hydrogens is 500 g/mol. The number of carbonyl (C=O) groups excluding carboxylic acids is 1. The van der Waals surface area contributed by atoms with E-state index in [9.17, 15) is 13.2 Å². The molecular formula is C26H39ClN4O4S. The minimum absolute atomic E-state index is 0. The van der Waals surface area contributed by atoms with Crippen molar-refractivity contribution < 1.29 is 17.9 Å². The average Bonchev–Trinajstić information content (AvgIpc) is 2.75. The molecule has 2 aromatic rings. The summed E-state index contributed by atoms with van der Waals surface area (Å²) in [7, 11) is -3.30. The Hall–Kier alpha value is -2.33. The van der Waals surface area contributed by atoms with Crippen molar-refractivity contribution in [2.75, 3.05) is 24.1 Å². The second-order valence-corrected chi connectivity index (χ2v) is 12.1. The van der Waals surface area contributed by atoms with Crippen molar-refractivity contribution in [1.82, 2.24) is 15.5 Å². The van der Waals surface area contributed by atoms with E-state index in [1.807, 2.05) is 39.8 Å². The highest BCUT2D eigenvalue weighted by molar-refractivity contribution is 7.92. The van der Waals surface area contributed by atoms with E-state index in [1.165, 1.54) is 5.56 Å².